The first-order valence-electron chi connectivity index (χ1n) is 4.65. The Labute approximate surface area is 97.0 Å². The predicted octanol–water partition coefficient (Wildman–Crippen LogP) is 2.74. The maximum atomic E-state index is 5.84. The summed E-state index contributed by atoms with van der Waals surface area (Å²) >= 11 is 3.46. The van der Waals surface area contributed by atoms with Crippen LogP contribution in [-0.2, 0) is 7.05 Å². The van der Waals surface area contributed by atoms with Gasteiger partial charge in [-0.3, -0.25) is 4.68 Å². The van der Waals surface area contributed by atoms with Crippen molar-refractivity contribution < 1.29 is 0 Å². The second-order valence-electron chi connectivity index (χ2n) is 3.49. The SMILES string of the molecule is Cc1ccccc1-c1nn(C)c(N)c1Br. The molecule has 3 nitrogen and oxygen atoms in total. The van der Waals surface area contributed by atoms with E-state index in [1.807, 2.05) is 25.2 Å². The lowest BCUT2D eigenvalue weighted by Gasteiger charge is -2.01. The van der Waals surface area contributed by atoms with Crippen LogP contribution in [0, 0.1) is 6.92 Å². The average molecular weight is 266 g/mol. The van der Waals surface area contributed by atoms with Gasteiger partial charge in [0, 0.05) is 12.6 Å². The van der Waals surface area contributed by atoms with Crippen molar-refractivity contribution in [3.05, 3.63) is 34.3 Å². The zero-order valence-corrected chi connectivity index (χ0v) is 10.2. The minimum atomic E-state index is 0.647. The highest BCUT2D eigenvalue weighted by Crippen LogP contribution is 2.32. The molecule has 0 aliphatic carbocycles. The van der Waals surface area contributed by atoms with Crippen LogP contribution in [0.1, 0.15) is 5.56 Å². The second-order valence-corrected chi connectivity index (χ2v) is 4.28. The largest absolute Gasteiger partial charge is 0.383 e. The quantitative estimate of drug-likeness (QED) is 0.862. The van der Waals surface area contributed by atoms with Crippen LogP contribution in [0.15, 0.2) is 28.7 Å². The van der Waals surface area contributed by atoms with Gasteiger partial charge in [0.2, 0.25) is 0 Å². The van der Waals surface area contributed by atoms with Gasteiger partial charge in [-0.25, -0.2) is 0 Å². The monoisotopic (exact) mass is 265 g/mol. The Balaban J connectivity index is 2.65. The molecule has 0 unspecified atom stereocenters. The van der Waals surface area contributed by atoms with Crippen LogP contribution in [0.3, 0.4) is 0 Å². The third-order valence-electron chi connectivity index (χ3n) is 2.43. The van der Waals surface area contributed by atoms with Gasteiger partial charge in [0.05, 0.1) is 4.47 Å². The minimum absolute atomic E-state index is 0.647. The molecule has 0 fully saturated rings. The molecule has 2 aromatic rings. The molecule has 2 rings (SSSR count). The average Bonchev–Trinajstić information content (AvgIpc) is 2.47. The van der Waals surface area contributed by atoms with Gasteiger partial charge in [0.1, 0.15) is 11.5 Å². The van der Waals surface area contributed by atoms with Gasteiger partial charge in [0.15, 0.2) is 0 Å². The summed E-state index contributed by atoms with van der Waals surface area (Å²) in [6.07, 6.45) is 0. The van der Waals surface area contributed by atoms with Crippen LogP contribution in [-0.4, -0.2) is 9.78 Å². The van der Waals surface area contributed by atoms with E-state index < -0.39 is 0 Å². The van der Waals surface area contributed by atoms with E-state index in [4.69, 9.17) is 5.73 Å². The lowest BCUT2D eigenvalue weighted by atomic mass is 10.1. The van der Waals surface area contributed by atoms with Crippen LogP contribution < -0.4 is 5.73 Å². The number of rotatable bonds is 1. The molecular formula is C11H12BrN3. The Morgan fingerprint density at radius 1 is 1.33 bits per heavy atom. The summed E-state index contributed by atoms with van der Waals surface area (Å²) in [6, 6.07) is 8.12. The maximum absolute atomic E-state index is 5.84. The molecule has 0 radical (unpaired) electrons. The van der Waals surface area contributed by atoms with Gasteiger partial charge in [0.25, 0.3) is 0 Å². The number of halogens is 1. The standard InChI is InChI=1S/C11H12BrN3/c1-7-5-3-4-6-8(7)10-9(12)11(13)15(2)14-10/h3-6H,13H2,1-2H3. The van der Waals surface area contributed by atoms with Crippen molar-refractivity contribution in [2.24, 2.45) is 7.05 Å². The zero-order valence-electron chi connectivity index (χ0n) is 8.66. The van der Waals surface area contributed by atoms with Crippen LogP contribution in [0.4, 0.5) is 5.82 Å². The van der Waals surface area contributed by atoms with Crippen molar-refractivity contribution in [2.75, 3.05) is 5.73 Å². The second kappa shape index (κ2) is 3.70. The summed E-state index contributed by atoms with van der Waals surface area (Å²) in [4.78, 5) is 0. The number of nitrogen functional groups attached to an aromatic ring is 1. The Morgan fingerprint density at radius 3 is 2.53 bits per heavy atom. The number of benzene rings is 1. The van der Waals surface area contributed by atoms with Gasteiger partial charge < -0.3 is 5.73 Å². The van der Waals surface area contributed by atoms with E-state index in [0.29, 0.717) is 5.82 Å². The van der Waals surface area contributed by atoms with Crippen molar-refractivity contribution in [3.63, 3.8) is 0 Å². The Kier molecular flexibility index (Phi) is 2.52. The van der Waals surface area contributed by atoms with E-state index in [1.54, 1.807) is 4.68 Å². The third-order valence-corrected chi connectivity index (χ3v) is 3.21. The predicted molar refractivity (Wildman–Crippen MR) is 65.5 cm³/mol. The number of hydrogen-bond donors (Lipinski definition) is 1. The molecule has 0 spiro atoms. The van der Waals surface area contributed by atoms with Gasteiger partial charge >= 0.3 is 0 Å². The van der Waals surface area contributed by atoms with Gasteiger partial charge in [-0.15, -0.1) is 0 Å². The molecule has 0 aliphatic heterocycles. The topological polar surface area (TPSA) is 43.8 Å². The fourth-order valence-electron chi connectivity index (χ4n) is 1.52. The molecule has 4 heteroatoms. The van der Waals surface area contributed by atoms with Crippen molar-refractivity contribution in [3.8, 4) is 11.3 Å². The number of hydrogen-bond acceptors (Lipinski definition) is 2. The van der Waals surface area contributed by atoms with E-state index in [1.165, 1.54) is 5.56 Å². The molecule has 1 heterocycles. The van der Waals surface area contributed by atoms with Gasteiger partial charge in [-0.1, -0.05) is 24.3 Å². The van der Waals surface area contributed by atoms with Crippen LogP contribution >= 0.6 is 15.9 Å². The molecule has 0 saturated carbocycles. The summed E-state index contributed by atoms with van der Waals surface area (Å²) in [5.41, 5.74) is 9.04. The van der Waals surface area contributed by atoms with Crippen molar-refractivity contribution in [1.29, 1.82) is 0 Å². The first-order valence-corrected chi connectivity index (χ1v) is 5.44. The molecule has 15 heavy (non-hydrogen) atoms. The van der Waals surface area contributed by atoms with Gasteiger partial charge in [-0.05, 0) is 28.4 Å². The van der Waals surface area contributed by atoms with Crippen LogP contribution in [0.2, 0.25) is 0 Å². The summed E-state index contributed by atoms with van der Waals surface area (Å²) in [5.74, 6) is 0.647. The van der Waals surface area contributed by atoms with Crippen molar-refractivity contribution in [1.82, 2.24) is 9.78 Å². The van der Waals surface area contributed by atoms with E-state index >= 15 is 0 Å². The lowest BCUT2D eigenvalue weighted by Crippen LogP contribution is -1.97. The molecule has 1 aromatic heterocycles. The number of nitrogens with zero attached hydrogens (tertiary/aromatic N) is 2. The molecule has 78 valence electrons. The smallest absolute Gasteiger partial charge is 0.136 e. The molecule has 0 atom stereocenters. The van der Waals surface area contributed by atoms with Crippen LogP contribution in [0.5, 0.6) is 0 Å². The molecule has 0 saturated heterocycles. The fourth-order valence-corrected chi connectivity index (χ4v) is 2.07. The molecule has 0 bridgehead atoms. The summed E-state index contributed by atoms with van der Waals surface area (Å²) in [7, 11) is 1.84. The highest BCUT2D eigenvalue weighted by Gasteiger charge is 2.13. The van der Waals surface area contributed by atoms with E-state index in [0.717, 1.165) is 15.7 Å². The lowest BCUT2D eigenvalue weighted by molar-refractivity contribution is 0.782. The zero-order chi connectivity index (χ0) is 11.0. The highest BCUT2D eigenvalue weighted by atomic mass is 79.9. The molecule has 0 aliphatic rings. The summed E-state index contributed by atoms with van der Waals surface area (Å²) in [6.45, 7) is 2.06. The first kappa shape index (κ1) is 10.2. The molecule has 1 aromatic carbocycles. The Bertz CT molecular complexity index is 503. The van der Waals surface area contributed by atoms with Gasteiger partial charge in [-0.2, -0.15) is 5.10 Å². The van der Waals surface area contributed by atoms with E-state index in [2.05, 4.69) is 34.0 Å². The Hall–Kier alpha value is -1.29. The highest BCUT2D eigenvalue weighted by molar-refractivity contribution is 9.10. The van der Waals surface area contributed by atoms with E-state index in [-0.39, 0.29) is 0 Å². The molecule has 2 N–H and O–H groups in total. The normalized spacial score (nSPS) is 10.6. The fraction of sp³-hybridized carbons (Fsp3) is 0.182. The van der Waals surface area contributed by atoms with Crippen molar-refractivity contribution >= 4 is 21.7 Å². The minimum Gasteiger partial charge on any atom is -0.383 e. The Morgan fingerprint density at radius 2 is 2.00 bits per heavy atom. The number of aryl methyl sites for hydroxylation is 2. The third kappa shape index (κ3) is 1.65. The number of anilines is 1. The number of nitrogens with two attached hydrogens (primary N) is 1. The molecular weight excluding hydrogens is 254 g/mol. The van der Waals surface area contributed by atoms with Crippen LogP contribution in [0.25, 0.3) is 11.3 Å². The van der Waals surface area contributed by atoms with E-state index in [9.17, 15) is 0 Å². The first-order chi connectivity index (χ1) is 7.11. The summed E-state index contributed by atoms with van der Waals surface area (Å²) in [5, 5.41) is 4.39. The maximum Gasteiger partial charge on any atom is 0.136 e. The number of aromatic nitrogens is 2. The molecule has 0 amide bonds. The van der Waals surface area contributed by atoms with Crippen molar-refractivity contribution in [2.45, 2.75) is 6.92 Å². The summed E-state index contributed by atoms with van der Waals surface area (Å²) < 4.78 is 2.53.